The quantitative estimate of drug-likeness (QED) is 0.335. The Labute approximate surface area is 223 Å². The fourth-order valence-corrected chi connectivity index (χ4v) is 4.77. The number of hydrogen-bond acceptors (Lipinski definition) is 5. The smallest absolute Gasteiger partial charge is 0.326 e. The van der Waals surface area contributed by atoms with Gasteiger partial charge in [0.1, 0.15) is 18.1 Å². The third kappa shape index (κ3) is 8.14. The molecule has 2 aromatic rings. The van der Waals surface area contributed by atoms with Gasteiger partial charge in [0.2, 0.25) is 17.7 Å². The van der Waals surface area contributed by atoms with Gasteiger partial charge in [0.05, 0.1) is 6.04 Å². The topological polar surface area (TPSA) is 142 Å². The van der Waals surface area contributed by atoms with E-state index in [0.717, 1.165) is 11.1 Å². The predicted octanol–water partition coefficient (Wildman–Crippen LogP) is 1.89. The summed E-state index contributed by atoms with van der Waals surface area (Å²) in [6.07, 6.45) is 1.92. The van der Waals surface area contributed by atoms with Crippen molar-refractivity contribution in [1.29, 1.82) is 0 Å². The molecule has 38 heavy (non-hydrogen) atoms. The van der Waals surface area contributed by atoms with Crippen LogP contribution in [0, 0.1) is 5.92 Å². The van der Waals surface area contributed by atoms with Crippen LogP contribution in [0.25, 0.3) is 0 Å². The number of nitrogens with two attached hydrogens (primary N) is 1. The Morgan fingerprint density at radius 3 is 2.00 bits per heavy atom. The molecule has 5 N–H and O–H groups in total. The van der Waals surface area contributed by atoms with Crippen LogP contribution in [-0.4, -0.2) is 64.4 Å². The first kappa shape index (κ1) is 28.8. The highest BCUT2D eigenvalue weighted by Crippen LogP contribution is 2.20. The van der Waals surface area contributed by atoms with Crippen LogP contribution >= 0.6 is 0 Å². The van der Waals surface area contributed by atoms with Crippen LogP contribution in [0.4, 0.5) is 0 Å². The third-order valence-corrected chi connectivity index (χ3v) is 6.69. The number of carbonyl (C=O) groups is 4. The second-order valence-electron chi connectivity index (χ2n) is 10.3. The van der Waals surface area contributed by atoms with Crippen molar-refractivity contribution < 1.29 is 24.3 Å². The van der Waals surface area contributed by atoms with Crippen molar-refractivity contribution in [3.63, 3.8) is 0 Å². The highest BCUT2D eigenvalue weighted by molar-refractivity contribution is 5.94. The number of aliphatic carboxylic acids is 1. The van der Waals surface area contributed by atoms with Crippen LogP contribution in [0.5, 0.6) is 0 Å². The monoisotopic (exact) mass is 522 g/mol. The minimum absolute atomic E-state index is 0.104. The lowest BCUT2D eigenvalue weighted by atomic mass is 10.0. The van der Waals surface area contributed by atoms with Crippen molar-refractivity contribution in [1.82, 2.24) is 15.5 Å². The molecule has 0 radical (unpaired) electrons. The van der Waals surface area contributed by atoms with Crippen LogP contribution < -0.4 is 16.4 Å². The zero-order valence-corrected chi connectivity index (χ0v) is 22.0. The highest BCUT2D eigenvalue weighted by atomic mass is 16.4. The summed E-state index contributed by atoms with van der Waals surface area (Å²) in [6, 6.07) is 14.6. The molecule has 9 nitrogen and oxygen atoms in total. The summed E-state index contributed by atoms with van der Waals surface area (Å²) in [6.45, 7) is 4.39. The normalized spacial score (nSPS) is 17.5. The maximum atomic E-state index is 13.4. The number of amides is 3. The van der Waals surface area contributed by atoms with Crippen molar-refractivity contribution in [3.05, 3.63) is 71.8 Å². The van der Waals surface area contributed by atoms with Crippen LogP contribution in [0.2, 0.25) is 0 Å². The van der Waals surface area contributed by atoms with Crippen LogP contribution in [0.1, 0.15) is 44.2 Å². The van der Waals surface area contributed by atoms with Gasteiger partial charge in [-0.15, -0.1) is 0 Å². The van der Waals surface area contributed by atoms with E-state index in [1.165, 1.54) is 4.90 Å². The van der Waals surface area contributed by atoms with Crippen molar-refractivity contribution in [3.8, 4) is 0 Å². The van der Waals surface area contributed by atoms with Crippen LogP contribution in [0.3, 0.4) is 0 Å². The summed E-state index contributed by atoms with van der Waals surface area (Å²) < 4.78 is 0. The molecular weight excluding hydrogens is 484 g/mol. The zero-order valence-electron chi connectivity index (χ0n) is 22.0. The van der Waals surface area contributed by atoms with Crippen molar-refractivity contribution in [2.45, 2.75) is 70.1 Å². The Morgan fingerprint density at radius 1 is 0.921 bits per heavy atom. The predicted molar refractivity (Wildman–Crippen MR) is 144 cm³/mol. The summed E-state index contributed by atoms with van der Waals surface area (Å²) in [5.41, 5.74) is 7.69. The second kappa shape index (κ2) is 13.7. The number of likely N-dealkylation sites (tertiary alicyclic amines) is 1. The standard InChI is InChI=1S/C29H38N4O5/c1-19(2)16-22(30)28(36)33-15-9-14-25(33)27(35)31-23(17-20-10-5-3-6-11-20)26(34)32-24(29(37)38)18-21-12-7-4-8-13-21/h3-8,10-13,19,22-25H,9,14-18,30H2,1-2H3,(H,31,35)(H,32,34)(H,37,38). The Hall–Kier alpha value is -3.72. The minimum atomic E-state index is -1.17. The molecule has 0 bridgehead atoms. The Kier molecular flexibility index (Phi) is 10.4. The molecule has 2 aromatic carbocycles. The van der Waals surface area contributed by atoms with Crippen molar-refractivity contribution in [2.24, 2.45) is 11.7 Å². The summed E-state index contributed by atoms with van der Waals surface area (Å²) in [7, 11) is 0. The minimum Gasteiger partial charge on any atom is -0.480 e. The average Bonchev–Trinajstić information content (AvgIpc) is 3.38. The van der Waals surface area contributed by atoms with E-state index >= 15 is 0 Å². The fourth-order valence-electron chi connectivity index (χ4n) is 4.77. The number of carbonyl (C=O) groups excluding carboxylic acids is 3. The first-order chi connectivity index (χ1) is 18.2. The Morgan fingerprint density at radius 2 is 1.47 bits per heavy atom. The molecule has 4 atom stereocenters. The van der Waals surface area contributed by atoms with Gasteiger partial charge >= 0.3 is 5.97 Å². The molecule has 0 saturated carbocycles. The molecule has 9 heteroatoms. The number of rotatable bonds is 12. The van der Waals surface area contributed by atoms with Gasteiger partial charge in [-0.05, 0) is 36.3 Å². The second-order valence-corrected chi connectivity index (χ2v) is 10.3. The number of hydrogen-bond donors (Lipinski definition) is 4. The molecule has 204 valence electrons. The van der Waals surface area contributed by atoms with E-state index in [-0.39, 0.29) is 24.7 Å². The Balaban J connectivity index is 1.75. The van der Waals surface area contributed by atoms with E-state index in [1.807, 2.05) is 50.2 Å². The molecule has 1 heterocycles. The molecular formula is C29H38N4O5. The van der Waals surface area contributed by atoms with E-state index in [1.54, 1.807) is 24.3 Å². The van der Waals surface area contributed by atoms with E-state index in [0.29, 0.717) is 25.8 Å². The molecule has 1 aliphatic rings. The lowest BCUT2D eigenvalue weighted by Gasteiger charge is -2.29. The molecule has 0 aliphatic carbocycles. The number of nitrogens with one attached hydrogen (secondary N) is 2. The van der Waals surface area contributed by atoms with Gasteiger partial charge < -0.3 is 26.4 Å². The average molecular weight is 523 g/mol. The Bertz CT molecular complexity index is 1090. The van der Waals surface area contributed by atoms with Gasteiger partial charge in [-0.25, -0.2) is 4.79 Å². The molecule has 3 rings (SSSR count). The maximum Gasteiger partial charge on any atom is 0.326 e. The molecule has 3 amide bonds. The van der Waals surface area contributed by atoms with Crippen LogP contribution in [-0.2, 0) is 32.0 Å². The van der Waals surface area contributed by atoms with Crippen molar-refractivity contribution >= 4 is 23.7 Å². The van der Waals surface area contributed by atoms with E-state index in [9.17, 15) is 24.3 Å². The van der Waals surface area contributed by atoms with E-state index < -0.39 is 42.0 Å². The van der Waals surface area contributed by atoms with Gasteiger partial charge in [-0.2, -0.15) is 0 Å². The SMILES string of the molecule is CC(C)CC(N)C(=O)N1CCCC1C(=O)NC(Cc1ccccc1)C(=O)NC(Cc1ccccc1)C(=O)O. The van der Waals surface area contributed by atoms with Gasteiger partial charge in [0.15, 0.2) is 0 Å². The number of carboxylic acids is 1. The van der Waals surface area contributed by atoms with Crippen LogP contribution in [0.15, 0.2) is 60.7 Å². The molecule has 1 saturated heterocycles. The number of carboxylic acid groups (broad SMARTS) is 1. The zero-order chi connectivity index (χ0) is 27.7. The third-order valence-electron chi connectivity index (χ3n) is 6.69. The van der Waals surface area contributed by atoms with Gasteiger partial charge in [-0.3, -0.25) is 14.4 Å². The lowest BCUT2D eigenvalue weighted by Crippen LogP contribution is -2.57. The molecule has 0 aromatic heterocycles. The number of nitrogens with zero attached hydrogens (tertiary/aromatic N) is 1. The summed E-state index contributed by atoms with van der Waals surface area (Å²) >= 11 is 0. The summed E-state index contributed by atoms with van der Waals surface area (Å²) in [5, 5.41) is 15.2. The van der Waals surface area contributed by atoms with E-state index in [2.05, 4.69) is 10.6 Å². The molecule has 0 spiro atoms. The van der Waals surface area contributed by atoms with E-state index in [4.69, 9.17) is 5.73 Å². The lowest BCUT2D eigenvalue weighted by molar-refractivity contribution is -0.143. The maximum absolute atomic E-state index is 13.4. The summed E-state index contributed by atoms with van der Waals surface area (Å²) in [5.74, 6) is -2.25. The molecule has 4 unspecified atom stereocenters. The first-order valence-electron chi connectivity index (χ1n) is 13.1. The largest absolute Gasteiger partial charge is 0.480 e. The molecule has 1 fully saturated rings. The van der Waals surface area contributed by atoms with Gasteiger partial charge in [-0.1, -0.05) is 74.5 Å². The molecule has 1 aliphatic heterocycles. The van der Waals surface area contributed by atoms with Crippen molar-refractivity contribution in [2.75, 3.05) is 6.54 Å². The fraction of sp³-hybridized carbons (Fsp3) is 0.448. The summed E-state index contributed by atoms with van der Waals surface area (Å²) in [4.78, 5) is 53.2. The van der Waals surface area contributed by atoms with Gasteiger partial charge in [0, 0.05) is 19.4 Å². The highest BCUT2D eigenvalue weighted by Gasteiger charge is 2.38. The van der Waals surface area contributed by atoms with Gasteiger partial charge in [0.25, 0.3) is 0 Å². The number of benzene rings is 2. The first-order valence-corrected chi connectivity index (χ1v) is 13.1.